The van der Waals surface area contributed by atoms with Gasteiger partial charge in [-0.05, 0) is 48.5 Å². The fourth-order valence-electron chi connectivity index (χ4n) is 2.32. The number of sulfonamides is 1. The quantitative estimate of drug-likeness (QED) is 0.542. The number of rotatable bonds is 7. The molecule has 0 saturated carbocycles. The van der Waals surface area contributed by atoms with E-state index in [-0.39, 0.29) is 17.0 Å². The van der Waals surface area contributed by atoms with Crippen LogP contribution in [0.1, 0.15) is 10.4 Å². The first-order valence-corrected chi connectivity index (χ1v) is 9.93. The van der Waals surface area contributed by atoms with Gasteiger partial charge in [0.25, 0.3) is 15.9 Å². The molecule has 0 fully saturated rings. The van der Waals surface area contributed by atoms with Gasteiger partial charge in [-0.15, -0.1) is 0 Å². The Morgan fingerprint density at radius 1 is 0.862 bits per heavy atom. The van der Waals surface area contributed by atoms with Gasteiger partial charge in [-0.3, -0.25) is 24.3 Å². The molecule has 0 bridgehead atoms. The number of amides is 2. The number of nitrogens with zero attached hydrogens (tertiary/aromatic N) is 2. The number of anilines is 2. The van der Waals surface area contributed by atoms with Crippen molar-refractivity contribution in [2.24, 2.45) is 0 Å². The van der Waals surface area contributed by atoms with Gasteiger partial charge < -0.3 is 10.6 Å². The van der Waals surface area contributed by atoms with Crippen LogP contribution in [0.25, 0.3) is 0 Å². The third-order valence-corrected chi connectivity index (χ3v) is 5.11. The summed E-state index contributed by atoms with van der Waals surface area (Å²) in [6.07, 6.45) is 6.00. The van der Waals surface area contributed by atoms with Crippen molar-refractivity contribution in [2.75, 3.05) is 16.6 Å². The van der Waals surface area contributed by atoms with Gasteiger partial charge in [-0.2, -0.15) is 0 Å². The maximum Gasteiger partial charge on any atom is 0.261 e. The Bertz CT molecular complexity index is 1090. The van der Waals surface area contributed by atoms with Gasteiger partial charge >= 0.3 is 0 Å². The molecule has 2 aromatic heterocycles. The zero-order valence-electron chi connectivity index (χ0n) is 15.1. The fraction of sp³-hybridized carbons (Fsp3) is 0.0526. The lowest BCUT2D eigenvalue weighted by Crippen LogP contribution is -2.32. The molecule has 0 unspecified atom stereocenters. The van der Waals surface area contributed by atoms with E-state index in [9.17, 15) is 18.0 Å². The van der Waals surface area contributed by atoms with E-state index in [2.05, 4.69) is 25.3 Å². The summed E-state index contributed by atoms with van der Waals surface area (Å²) in [5, 5.41) is 5.07. The number of benzene rings is 1. The predicted molar refractivity (Wildman–Crippen MR) is 107 cm³/mol. The summed E-state index contributed by atoms with van der Waals surface area (Å²) in [5.41, 5.74) is 1.12. The van der Waals surface area contributed by atoms with Crippen LogP contribution in [-0.4, -0.2) is 36.7 Å². The van der Waals surface area contributed by atoms with Crippen molar-refractivity contribution in [1.82, 2.24) is 15.3 Å². The Kier molecular flexibility index (Phi) is 6.15. The van der Waals surface area contributed by atoms with Crippen molar-refractivity contribution in [2.45, 2.75) is 4.90 Å². The van der Waals surface area contributed by atoms with Crippen LogP contribution in [0.2, 0.25) is 0 Å². The first kappa shape index (κ1) is 20.0. The lowest BCUT2D eigenvalue weighted by Gasteiger charge is -2.09. The highest BCUT2D eigenvalue weighted by atomic mass is 32.2. The fourth-order valence-corrected chi connectivity index (χ4v) is 3.38. The third-order valence-electron chi connectivity index (χ3n) is 3.71. The molecule has 0 aliphatic heterocycles. The van der Waals surface area contributed by atoms with Crippen molar-refractivity contribution >= 4 is 33.2 Å². The number of pyridine rings is 2. The SMILES string of the molecule is O=C(CNC(=O)c1ccc(S(=O)(=O)Nc2ccncc2)cc1)Nc1cccnc1. The highest BCUT2D eigenvalue weighted by molar-refractivity contribution is 7.92. The zero-order chi connectivity index (χ0) is 20.7. The summed E-state index contributed by atoms with van der Waals surface area (Å²) in [6.45, 7) is -0.239. The molecule has 9 nitrogen and oxygen atoms in total. The highest BCUT2D eigenvalue weighted by Crippen LogP contribution is 2.16. The summed E-state index contributed by atoms with van der Waals surface area (Å²) in [4.78, 5) is 31.7. The number of carbonyl (C=O) groups is 2. The van der Waals surface area contributed by atoms with Crippen LogP contribution in [0, 0.1) is 0 Å². The number of aromatic nitrogens is 2. The molecule has 0 spiro atoms. The van der Waals surface area contributed by atoms with E-state index in [1.807, 2.05) is 0 Å². The van der Waals surface area contributed by atoms with E-state index in [0.29, 0.717) is 11.4 Å². The predicted octanol–water partition coefficient (Wildman–Crippen LogP) is 1.65. The molecule has 0 saturated heterocycles. The minimum absolute atomic E-state index is 0.000169. The van der Waals surface area contributed by atoms with E-state index in [4.69, 9.17) is 0 Å². The van der Waals surface area contributed by atoms with E-state index >= 15 is 0 Å². The van der Waals surface area contributed by atoms with Crippen LogP contribution in [0.5, 0.6) is 0 Å². The van der Waals surface area contributed by atoms with Gasteiger partial charge in [-0.25, -0.2) is 8.42 Å². The van der Waals surface area contributed by atoms with E-state index < -0.39 is 21.8 Å². The van der Waals surface area contributed by atoms with Crippen LogP contribution in [-0.2, 0) is 14.8 Å². The first-order valence-electron chi connectivity index (χ1n) is 8.45. The maximum absolute atomic E-state index is 12.4. The monoisotopic (exact) mass is 411 g/mol. The number of hydrogen-bond acceptors (Lipinski definition) is 6. The van der Waals surface area contributed by atoms with Crippen LogP contribution in [0.15, 0.2) is 78.2 Å². The van der Waals surface area contributed by atoms with Crippen molar-refractivity contribution in [3.05, 3.63) is 78.9 Å². The minimum atomic E-state index is -3.80. The summed E-state index contributed by atoms with van der Waals surface area (Å²) < 4.78 is 27.2. The Morgan fingerprint density at radius 2 is 1.59 bits per heavy atom. The van der Waals surface area contributed by atoms with Crippen molar-refractivity contribution in [3.63, 3.8) is 0 Å². The van der Waals surface area contributed by atoms with Crippen LogP contribution >= 0.6 is 0 Å². The first-order chi connectivity index (χ1) is 13.9. The summed E-state index contributed by atoms with van der Waals surface area (Å²) in [6, 6.07) is 11.8. The molecule has 0 radical (unpaired) electrons. The van der Waals surface area contributed by atoms with E-state index in [1.54, 1.807) is 18.3 Å². The second-order valence-corrected chi connectivity index (χ2v) is 7.52. The Balaban J connectivity index is 1.57. The molecule has 3 N–H and O–H groups in total. The molecule has 3 rings (SSSR count). The molecule has 0 atom stereocenters. The van der Waals surface area contributed by atoms with Crippen LogP contribution < -0.4 is 15.4 Å². The van der Waals surface area contributed by atoms with Gasteiger partial charge in [0.2, 0.25) is 5.91 Å². The van der Waals surface area contributed by atoms with Gasteiger partial charge in [0, 0.05) is 24.2 Å². The molecule has 2 amide bonds. The molecule has 2 heterocycles. The Labute approximate surface area is 167 Å². The largest absolute Gasteiger partial charge is 0.343 e. The van der Waals surface area contributed by atoms with Gasteiger partial charge in [-0.1, -0.05) is 0 Å². The summed E-state index contributed by atoms with van der Waals surface area (Å²) in [7, 11) is -3.80. The number of nitrogens with one attached hydrogen (secondary N) is 3. The van der Waals surface area contributed by atoms with Crippen molar-refractivity contribution in [1.29, 1.82) is 0 Å². The zero-order valence-corrected chi connectivity index (χ0v) is 15.9. The van der Waals surface area contributed by atoms with Crippen LogP contribution in [0.3, 0.4) is 0 Å². The van der Waals surface area contributed by atoms with E-state index in [0.717, 1.165) is 0 Å². The molecular weight excluding hydrogens is 394 g/mol. The third kappa shape index (κ3) is 5.59. The lowest BCUT2D eigenvalue weighted by atomic mass is 10.2. The number of hydrogen-bond donors (Lipinski definition) is 3. The topological polar surface area (TPSA) is 130 Å². The maximum atomic E-state index is 12.4. The van der Waals surface area contributed by atoms with Crippen molar-refractivity contribution in [3.8, 4) is 0 Å². The lowest BCUT2D eigenvalue weighted by molar-refractivity contribution is -0.115. The van der Waals surface area contributed by atoms with E-state index in [1.165, 1.54) is 55.0 Å². The van der Waals surface area contributed by atoms with Gasteiger partial charge in [0.05, 0.1) is 29.0 Å². The second-order valence-electron chi connectivity index (χ2n) is 5.84. The molecule has 148 valence electrons. The summed E-state index contributed by atoms with van der Waals surface area (Å²) >= 11 is 0. The number of carbonyl (C=O) groups excluding carboxylic acids is 2. The highest BCUT2D eigenvalue weighted by Gasteiger charge is 2.15. The molecule has 0 aliphatic carbocycles. The average Bonchev–Trinajstić information content (AvgIpc) is 2.73. The molecule has 29 heavy (non-hydrogen) atoms. The molecule has 0 aliphatic rings. The second kappa shape index (κ2) is 8.93. The average molecular weight is 411 g/mol. The Morgan fingerprint density at radius 3 is 2.24 bits per heavy atom. The van der Waals surface area contributed by atoms with Gasteiger partial charge in [0.1, 0.15) is 0 Å². The van der Waals surface area contributed by atoms with Crippen molar-refractivity contribution < 1.29 is 18.0 Å². The normalized spacial score (nSPS) is 10.8. The smallest absolute Gasteiger partial charge is 0.261 e. The Hall–Kier alpha value is -3.79. The van der Waals surface area contributed by atoms with Gasteiger partial charge in [0.15, 0.2) is 0 Å². The standard InChI is InChI=1S/C19H17N5O4S/c25-18(23-16-2-1-9-21-12-16)13-22-19(26)14-3-5-17(6-4-14)29(27,28)24-15-7-10-20-11-8-15/h1-12H,13H2,(H,20,24)(H,22,26)(H,23,25). The molecular formula is C19H17N5O4S. The molecule has 3 aromatic rings. The summed E-state index contributed by atoms with van der Waals surface area (Å²) in [5.74, 6) is -0.913. The minimum Gasteiger partial charge on any atom is -0.343 e. The molecule has 1 aromatic carbocycles. The molecule has 10 heteroatoms. The van der Waals surface area contributed by atoms with Crippen LogP contribution in [0.4, 0.5) is 11.4 Å².